The molecule has 0 saturated carbocycles. The molecular weight excluding hydrogens is 379 g/mol. The van der Waals surface area contributed by atoms with E-state index in [2.05, 4.69) is 20.4 Å². The highest BCUT2D eigenvalue weighted by molar-refractivity contribution is 6.30. The number of anilines is 1. The van der Waals surface area contributed by atoms with Gasteiger partial charge in [0.05, 0.1) is 17.4 Å². The Morgan fingerprint density at radius 3 is 2.37 bits per heavy atom. The molecule has 0 aliphatic carbocycles. The first kappa shape index (κ1) is 19.2. The molecule has 0 aliphatic heterocycles. The normalized spacial score (nSPS) is 12.9. The van der Waals surface area contributed by atoms with Gasteiger partial charge < -0.3 is 5.32 Å². The fraction of sp³-hybridized carbons (Fsp3) is 0.278. The topological polar surface area (TPSA) is 55.6 Å². The summed E-state index contributed by atoms with van der Waals surface area (Å²) in [6, 6.07) is 7.03. The number of hydrogen-bond acceptors (Lipinski definition) is 4. The maximum Gasteiger partial charge on any atom is 0.433 e. The van der Waals surface area contributed by atoms with Gasteiger partial charge in [0.1, 0.15) is 0 Å². The fourth-order valence-electron chi connectivity index (χ4n) is 2.74. The van der Waals surface area contributed by atoms with Crippen LogP contribution in [0.4, 0.5) is 19.1 Å². The van der Waals surface area contributed by atoms with Crippen LogP contribution in [0.2, 0.25) is 5.02 Å². The molecule has 142 valence electrons. The zero-order valence-corrected chi connectivity index (χ0v) is 15.6. The van der Waals surface area contributed by atoms with Crippen LogP contribution < -0.4 is 5.32 Å². The lowest BCUT2D eigenvalue weighted by Gasteiger charge is -2.16. The van der Waals surface area contributed by atoms with E-state index in [9.17, 15) is 13.2 Å². The lowest BCUT2D eigenvalue weighted by molar-refractivity contribution is -0.141. The zero-order valence-electron chi connectivity index (χ0n) is 14.8. The fourth-order valence-corrected chi connectivity index (χ4v) is 2.87. The molecule has 0 saturated heterocycles. The second-order valence-corrected chi connectivity index (χ2v) is 6.61. The number of aromatic nitrogens is 4. The Hall–Kier alpha value is -2.61. The Morgan fingerprint density at radius 1 is 1.15 bits per heavy atom. The third kappa shape index (κ3) is 4.39. The highest BCUT2D eigenvalue weighted by Gasteiger charge is 2.34. The van der Waals surface area contributed by atoms with E-state index >= 15 is 0 Å². The summed E-state index contributed by atoms with van der Waals surface area (Å²) in [7, 11) is 1.78. The van der Waals surface area contributed by atoms with Crippen LogP contribution in [0.15, 0.2) is 36.5 Å². The van der Waals surface area contributed by atoms with E-state index in [-0.39, 0.29) is 17.7 Å². The van der Waals surface area contributed by atoms with Crippen LogP contribution >= 0.6 is 11.6 Å². The van der Waals surface area contributed by atoms with E-state index in [0.717, 1.165) is 17.3 Å². The van der Waals surface area contributed by atoms with Crippen molar-refractivity contribution < 1.29 is 13.2 Å². The number of alkyl halides is 3. The van der Waals surface area contributed by atoms with Crippen molar-refractivity contribution in [3.05, 3.63) is 58.5 Å². The summed E-state index contributed by atoms with van der Waals surface area (Å²) >= 11 is 5.85. The minimum atomic E-state index is -4.59. The molecule has 2 heterocycles. The molecule has 3 rings (SSSR count). The Bertz CT molecular complexity index is 951. The molecule has 0 fully saturated rings. The van der Waals surface area contributed by atoms with Gasteiger partial charge in [-0.15, -0.1) is 0 Å². The van der Waals surface area contributed by atoms with E-state index < -0.39 is 11.9 Å². The largest absolute Gasteiger partial charge is 0.433 e. The third-order valence-electron chi connectivity index (χ3n) is 4.02. The van der Waals surface area contributed by atoms with Crippen molar-refractivity contribution in [2.75, 3.05) is 5.32 Å². The molecule has 2 aromatic heterocycles. The van der Waals surface area contributed by atoms with Crippen molar-refractivity contribution in [2.24, 2.45) is 7.05 Å². The molecule has 0 radical (unpaired) electrons. The van der Waals surface area contributed by atoms with Gasteiger partial charge in [-0.1, -0.05) is 23.7 Å². The molecular formula is C18H17ClF3N5. The van der Waals surface area contributed by atoms with Crippen LogP contribution in [0, 0.1) is 6.92 Å². The first-order valence-corrected chi connectivity index (χ1v) is 8.50. The Balaban J connectivity index is 2.00. The van der Waals surface area contributed by atoms with Crippen molar-refractivity contribution in [1.82, 2.24) is 19.7 Å². The minimum Gasteiger partial charge on any atom is -0.348 e. The Morgan fingerprint density at radius 2 is 1.81 bits per heavy atom. The molecule has 0 amide bonds. The van der Waals surface area contributed by atoms with E-state index in [1.807, 2.05) is 13.8 Å². The number of nitrogens with one attached hydrogen (secondary N) is 1. The quantitative estimate of drug-likeness (QED) is 0.673. The number of benzene rings is 1. The van der Waals surface area contributed by atoms with Crippen LogP contribution in [-0.4, -0.2) is 19.7 Å². The molecule has 1 aromatic carbocycles. The lowest BCUT2D eigenvalue weighted by Crippen LogP contribution is -2.15. The summed E-state index contributed by atoms with van der Waals surface area (Å²) in [5.74, 6) is -0.106. The first-order valence-electron chi connectivity index (χ1n) is 8.12. The molecule has 0 spiro atoms. The second kappa shape index (κ2) is 7.19. The van der Waals surface area contributed by atoms with Gasteiger partial charge in [0.2, 0.25) is 5.95 Å². The van der Waals surface area contributed by atoms with E-state index in [4.69, 9.17) is 11.6 Å². The van der Waals surface area contributed by atoms with E-state index in [1.165, 1.54) is 0 Å². The average molecular weight is 396 g/mol. The molecule has 3 aromatic rings. The maximum atomic E-state index is 13.3. The molecule has 5 nitrogen and oxygen atoms in total. The zero-order chi connectivity index (χ0) is 19.8. The average Bonchev–Trinajstić information content (AvgIpc) is 2.93. The molecule has 0 bridgehead atoms. The lowest BCUT2D eigenvalue weighted by atomic mass is 10.1. The summed E-state index contributed by atoms with van der Waals surface area (Å²) in [4.78, 5) is 7.91. The maximum absolute atomic E-state index is 13.3. The van der Waals surface area contributed by atoms with Gasteiger partial charge in [0.15, 0.2) is 5.69 Å². The van der Waals surface area contributed by atoms with Crippen LogP contribution in [0.25, 0.3) is 11.3 Å². The first-order chi connectivity index (χ1) is 12.6. The summed E-state index contributed by atoms with van der Waals surface area (Å²) in [6.45, 7) is 3.65. The smallest absolute Gasteiger partial charge is 0.348 e. The Kier molecular flexibility index (Phi) is 5.10. The van der Waals surface area contributed by atoms with E-state index in [1.54, 1.807) is 42.2 Å². The van der Waals surface area contributed by atoms with Gasteiger partial charge in [-0.2, -0.15) is 18.3 Å². The number of nitrogens with zero attached hydrogens (tertiary/aromatic N) is 4. The number of aryl methyl sites for hydroxylation is 2. The van der Waals surface area contributed by atoms with Gasteiger partial charge in [0, 0.05) is 29.4 Å². The van der Waals surface area contributed by atoms with Crippen LogP contribution in [-0.2, 0) is 13.2 Å². The summed E-state index contributed by atoms with van der Waals surface area (Å²) in [5.41, 5.74) is 1.29. The van der Waals surface area contributed by atoms with Gasteiger partial charge >= 0.3 is 6.18 Å². The standard InChI is InChI=1S/C18H17ClF3N5/c1-10(14-9-27(3)26-11(14)2)23-17-24-15(8-16(25-17)18(20,21)22)12-4-6-13(19)7-5-12/h4-10H,1-3H3,(H,23,24,25)/t10-/m0/s1. The van der Waals surface area contributed by atoms with Gasteiger partial charge in [0.25, 0.3) is 0 Å². The van der Waals surface area contributed by atoms with Crippen molar-refractivity contribution in [3.63, 3.8) is 0 Å². The SMILES string of the molecule is Cc1nn(C)cc1[C@H](C)Nc1nc(-c2ccc(Cl)cc2)cc(C(F)(F)F)n1. The van der Waals surface area contributed by atoms with Gasteiger partial charge in [-0.05, 0) is 32.0 Å². The molecule has 9 heteroatoms. The molecule has 1 N–H and O–H groups in total. The highest BCUT2D eigenvalue weighted by Crippen LogP contribution is 2.32. The van der Waals surface area contributed by atoms with Crippen molar-refractivity contribution in [1.29, 1.82) is 0 Å². The monoisotopic (exact) mass is 395 g/mol. The van der Waals surface area contributed by atoms with Crippen LogP contribution in [0.3, 0.4) is 0 Å². The summed E-state index contributed by atoms with van der Waals surface area (Å²) in [5, 5.41) is 7.68. The van der Waals surface area contributed by atoms with E-state index in [0.29, 0.717) is 10.6 Å². The van der Waals surface area contributed by atoms with Crippen molar-refractivity contribution >= 4 is 17.5 Å². The Labute approximate surface area is 159 Å². The predicted molar refractivity (Wildman–Crippen MR) is 97.5 cm³/mol. The predicted octanol–water partition coefficient (Wildman–Crippen LogP) is 5.03. The molecule has 0 aliphatic rings. The second-order valence-electron chi connectivity index (χ2n) is 6.18. The number of halogens is 4. The molecule has 27 heavy (non-hydrogen) atoms. The van der Waals surface area contributed by atoms with Crippen LogP contribution in [0.1, 0.15) is 29.9 Å². The summed E-state index contributed by atoms with van der Waals surface area (Å²) in [6.07, 6.45) is -2.78. The molecule has 0 unspecified atom stereocenters. The highest BCUT2D eigenvalue weighted by atomic mass is 35.5. The minimum absolute atomic E-state index is 0.106. The van der Waals surface area contributed by atoms with Gasteiger partial charge in [-0.25, -0.2) is 9.97 Å². The third-order valence-corrected chi connectivity index (χ3v) is 4.27. The summed E-state index contributed by atoms with van der Waals surface area (Å²) < 4.78 is 41.6. The van der Waals surface area contributed by atoms with Gasteiger partial charge in [-0.3, -0.25) is 4.68 Å². The number of rotatable bonds is 4. The number of hydrogen-bond donors (Lipinski definition) is 1. The van der Waals surface area contributed by atoms with Crippen molar-refractivity contribution in [2.45, 2.75) is 26.1 Å². The van der Waals surface area contributed by atoms with Crippen LogP contribution in [0.5, 0.6) is 0 Å². The molecule has 1 atom stereocenters. The van der Waals surface area contributed by atoms with Crippen molar-refractivity contribution in [3.8, 4) is 11.3 Å².